The van der Waals surface area contributed by atoms with Crippen molar-refractivity contribution in [1.82, 2.24) is 10.2 Å². The summed E-state index contributed by atoms with van der Waals surface area (Å²) >= 11 is 0. The first-order valence-corrected chi connectivity index (χ1v) is 6.96. The Morgan fingerprint density at radius 3 is 2.64 bits per heavy atom. The van der Waals surface area contributed by atoms with Gasteiger partial charge in [-0.2, -0.15) is 8.78 Å². The van der Waals surface area contributed by atoms with Crippen molar-refractivity contribution >= 4 is 6.03 Å². The molecule has 1 aliphatic heterocycles. The number of piperidine rings is 1. The van der Waals surface area contributed by atoms with Crippen molar-refractivity contribution in [2.24, 2.45) is 5.73 Å². The maximum Gasteiger partial charge on any atom is 0.387 e. The number of alkyl halides is 2. The predicted octanol–water partition coefficient (Wildman–Crippen LogP) is 2.06. The smallest absolute Gasteiger partial charge is 0.387 e. The molecule has 0 aromatic heterocycles. The fraction of sp³-hybridized carbons (Fsp3) is 0.500. The number of primary amides is 1. The van der Waals surface area contributed by atoms with E-state index in [4.69, 9.17) is 5.73 Å². The molecule has 1 fully saturated rings. The van der Waals surface area contributed by atoms with Gasteiger partial charge in [-0.05, 0) is 30.5 Å². The quantitative estimate of drug-likeness (QED) is 0.873. The Hall–Kier alpha value is -1.96. The zero-order valence-electron chi connectivity index (χ0n) is 11.9. The summed E-state index contributed by atoms with van der Waals surface area (Å²) in [4.78, 5) is 12.6. The number of carbonyl (C=O) groups is 1. The predicted molar refractivity (Wildman–Crippen MR) is 74.1 cm³/mol. The molecular formula is C14H18F3N3O2. The number of nitrogens with one attached hydrogen (secondary N) is 1. The number of rotatable bonds is 5. The van der Waals surface area contributed by atoms with Gasteiger partial charge in [0.25, 0.3) is 0 Å². The Labute approximate surface area is 126 Å². The number of nitrogens with zero attached hydrogens (tertiary/aromatic N) is 1. The van der Waals surface area contributed by atoms with E-state index < -0.39 is 24.2 Å². The van der Waals surface area contributed by atoms with E-state index in [9.17, 15) is 18.0 Å². The minimum absolute atomic E-state index is 0.204. The van der Waals surface area contributed by atoms with Gasteiger partial charge in [-0.3, -0.25) is 0 Å². The van der Waals surface area contributed by atoms with Gasteiger partial charge in [0, 0.05) is 25.7 Å². The zero-order valence-corrected chi connectivity index (χ0v) is 11.9. The van der Waals surface area contributed by atoms with Gasteiger partial charge in [-0.15, -0.1) is 0 Å². The van der Waals surface area contributed by atoms with Crippen molar-refractivity contribution in [2.45, 2.75) is 32.0 Å². The van der Waals surface area contributed by atoms with E-state index in [1.165, 1.54) is 18.2 Å². The van der Waals surface area contributed by atoms with Crippen LogP contribution < -0.4 is 15.8 Å². The molecule has 1 saturated heterocycles. The Balaban J connectivity index is 1.82. The molecule has 0 radical (unpaired) electrons. The Morgan fingerprint density at radius 2 is 2.09 bits per heavy atom. The largest absolute Gasteiger partial charge is 0.432 e. The molecule has 0 spiro atoms. The average molecular weight is 317 g/mol. The van der Waals surface area contributed by atoms with Crippen LogP contribution in [0, 0.1) is 5.82 Å². The molecule has 5 nitrogen and oxygen atoms in total. The van der Waals surface area contributed by atoms with Crippen LogP contribution in [-0.2, 0) is 6.54 Å². The van der Waals surface area contributed by atoms with Crippen LogP contribution in [0.25, 0.3) is 0 Å². The van der Waals surface area contributed by atoms with Crippen LogP contribution in [0.3, 0.4) is 0 Å². The first kappa shape index (κ1) is 16.4. The lowest BCUT2D eigenvalue weighted by Gasteiger charge is -2.31. The normalized spacial score (nSPS) is 16.1. The number of benzene rings is 1. The summed E-state index contributed by atoms with van der Waals surface area (Å²) in [5, 5.41) is 3.25. The van der Waals surface area contributed by atoms with Crippen LogP contribution in [0.2, 0.25) is 0 Å². The maximum atomic E-state index is 13.6. The Morgan fingerprint density at radius 1 is 1.41 bits per heavy atom. The van der Waals surface area contributed by atoms with Crippen LogP contribution >= 0.6 is 0 Å². The van der Waals surface area contributed by atoms with Gasteiger partial charge < -0.3 is 20.7 Å². The number of amides is 2. The SMILES string of the molecule is NC(=O)N1CCC(NCc2ccc(OC(F)F)c(F)c2)CC1. The van der Waals surface area contributed by atoms with Gasteiger partial charge in [-0.1, -0.05) is 6.07 Å². The summed E-state index contributed by atoms with van der Waals surface area (Å²) in [6, 6.07) is 3.68. The van der Waals surface area contributed by atoms with Gasteiger partial charge >= 0.3 is 12.6 Å². The molecule has 1 heterocycles. The summed E-state index contributed by atoms with van der Waals surface area (Å²) in [5.41, 5.74) is 5.84. The fourth-order valence-electron chi connectivity index (χ4n) is 2.41. The van der Waals surface area contributed by atoms with Crippen molar-refractivity contribution in [3.05, 3.63) is 29.6 Å². The third-order valence-corrected chi connectivity index (χ3v) is 3.61. The molecule has 22 heavy (non-hydrogen) atoms. The number of urea groups is 1. The topological polar surface area (TPSA) is 67.6 Å². The van der Waals surface area contributed by atoms with Crippen LogP contribution in [0.4, 0.5) is 18.0 Å². The van der Waals surface area contributed by atoms with E-state index in [2.05, 4.69) is 10.1 Å². The molecule has 8 heteroatoms. The standard InChI is InChI=1S/C14H18F3N3O2/c15-11-7-9(1-2-12(11)22-13(16)17)8-19-10-3-5-20(6-4-10)14(18)21/h1-2,7,10,13,19H,3-6,8H2,(H2,18,21). The minimum Gasteiger partial charge on any atom is -0.432 e. The molecule has 2 rings (SSSR count). The summed E-state index contributed by atoms with van der Waals surface area (Å²) in [6.45, 7) is -1.47. The second-order valence-electron chi connectivity index (χ2n) is 5.12. The fourth-order valence-corrected chi connectivity index (χ4v) is 2.41. The Kier molecular flexibility index (Phi) is 5.48. The van der Waals surface area contributed by atoms with Crippen molar-refractivity contribution in [2.75, 3.05) is 13.1 Å². The van der Waals surface area contributed by atoms with Crippen molar-refractivity contribution in [3.8, 4) is 5.75 Å². The molecule has 2 amide bonds. The van der Waals surface area contributed by atoms with Crippen LogP contribution in [0.1, 0.15) is 18.4 Å². The van der Waals surface area contributed by atoms with Crippen LogP contribution in [-0.4, -0.2) is 36.7 Å². The van der Waals surface area contributed by atoms with Crippen molar-refractivity contribution < 1.29 is 22.7 Å². The second kappa shape index (κ2) is 7.35. The molecule has 0 unspecified atom stereocenters. The molecule has 1 aliphatic rings. The van der Waals surface area contributed by atoms with Crippen LogP contribution in [0.15, 0.2) is 18.2 Å². The molecule has 0 bridgehead atoms. The molecule has 1 aromatic rings. The number of hydrogen-bond acceptors (Lipinski definition) is 3. The first-order chi connectivity index (χ1) is 10.5. The molecule has 3 N–H and O–H groups in total. The number of carbonyl (C=O) groups excluding carboxylic acids is 1. The molecular weight excluding hydrogens is 299 g/mol. The van der Waals surface area contributed by atoms with E-state index in [0.717, 1.165) is 12.8 Å². The molecule has 0 saturated carbocycles. The Bertz CT molecular complexity index is 520. The number of nitrogens with two attached hydrogens (primary N) is 1. The number of halogens is 3. The van der Waals surface area contributed by atoms with E-state index in [0.29, 0.717) is 25.2 Å². The average Bonchev–Trinajstić information content (AvgIpc) is 2.47. The van der Waals surface area contributed by atoms with Gasteiger partial charge in [0.2, 0.25) is 0 Å². The van der Waals surface area contributed by atoms with E-state index in [1.54, 1.807) is 4.90 Å². The van der Waals surface area contributed by atoms with Crippen molar-refractivity contribution in [3.63, 3.8) is 0 Å². The van der Waals surface area contributed by atoms with E-state index >= 15 is 0 Å². The lowest BCUT2D eigenvalue weighted by atomic mass is 10.0. The highest BCUT2D eigenvalue weighted by molar-refractivity contribution is 5.72. The molecule has 0 atom stereocenters. The third-order valence-electron chi connectivity index (χ3n) is 3.61. The highest BCUT2D eigenvalue weighted by Crippen LogP contribution is 2.20. The first-order valence-electron chi connectivity index (χ1n) is 6.96. The zero-order chi connectivity index (χ0) is 16.1. The highest BCUT2D eigenvalue weighted by atomic mass is 19.3. The summed E-state index contributed by atoms with van der Waals surface area (Å²) in [7, 11) is 0. The maximum absolute atomic E-state index is 13.6. The lowest BCUT2D eigenvalue weighted by molar-refractivity contribution is -0.0522. The third kappa shape index (κ3) is 4.52. The van der Waals surface area contributed by atoms with Gasteiger partial charge in [0.15, 0.2) is 11.6 Å². The molecule has 0 aliphatic carbocycles. The van der Waals surface area contributed by atoms with E-state index in [-0.39, 0.29) is 6.04 Å². The summed E-state index contributed by atoms with van der Waals surface area (Å²) in [5.74, 6) is -1.28. The van der Waals surface area contributed by atoms with Gasteiger partial charge in [-0.25, -0.2) is 9.18 Å². The summed E-state index contributed by atoms with van der Waals surface area (Å²) < 4.78 is 41.7. The second-order valence-corrected chi connectivity index (χ2v) is 5.12. The summed E-state index contributed by atoms with van der Waals surface area (Å²) in [6.07, 6.45) is 1.52. The van der Waals surface area contributed by atoms with Gasteiger partial charge in [0.1, 0.15) is 0 Å². The highest BCUT2D eigenvalue weighted by Gasteiger charge is 2.20. The number of likely N-dealkylation sites (tertiary alicyclic amines) is 1. The van der Waals surface area contributed by atoms with E-state index in [1.807, 2.05) is 0 Å². The van der Waals surface area contributed by atoms with Crippen LogP contribution in [0.5, 0.6) is 5.75 Å². The minimum atomic E-state index is -3.05. The monoisotopic (exact) mass is 317 g/mol. The number of hydrogen-bond donors (Lipinski definition) is 2. The number of ether oxygens (including phenoxy) is 1. The van der Waals surface area contributed by atoms with Gasteiger partial charge in [0.05, 0.1) is 0 Å². The lowest BCUT2D eigenvalue weighted by Crippen LogP contribution is -2.46. The van der Waals surface area contributed by atoms with Crippen molar-refractivity contribution in [1.29, 1.82) is 0 Å². The molecule has 122 valence electrons. The molecule has 1 aromatic carbocycles.